The minimum atomic E-state index is -0.780. The summed E-state index contributed by atoms with van der Waals surface area (Å²) in [6.07, 6.45) is 1.95. The van der Waals surface area contributed by atoms with Crippen molar-refractivity contribution in [3.05, 3.63) is 29.8 Å². The van der Waals surface area contributed by atoms with Crippen molar-refractivity contribution in [2.75, 3.05) is 7.11 Å². The lowest BCUT2D eigenvalue weighted by atomic mass is 9.80. The number of benzene rings is 1. The van der Waals surface area contributed by atoms with Crippen LogP contribution in [0.3, 0.4) is 0 Å². The van der Waals surface area contributed by atoms with Crippen molar-refractivity contribution in [1.29, 1.82) is 0 Å². The first kappa shape index (κ1) is 13.0. The fourth-order valence-corrected chi connectivity index (χ4v) is 2.26. The highest BCUT2D eigenvalue weighted by Crippen LogP contribution is 2.34. The molecule has 16 heavy (non-hydrogen) atoms. The normalized spacial score (nSPS) is 14.9. The van der Waals surface area contributed by atoms with Crippen LogP contribution in [0.15, 0.2) is 24.3 Å². The summed E-state index contributed by atoms with van der Waals surface area (Å²) < 4.78 is 5.19. The number of aliphatic hydroxyl groups is 1. The van der Waals surface area contributed by atoms with E-state index in [1.807, 2.05) is 31.2 Å². The van der Waals surface area contributed by atoms with Crippen LogP contribution >= 0.6 is 0 Å². The molecular weight excluding hydrogens is 200 g/mol. The predicted octanol–water partition coefficient (Wildman–Crippen LogP) is 3.34. The fourth-order valence-electron chi connectivity index (χ4n) is 2.26. The number of methoxy groups -OCH3 is 1. The maximum atomic E-state index is 10.6. The van der Waals surface area contributed by atoms with Gasteiger partial charge in [-0.15, -0.1) is 0 Å². The van der Waals surface area contributed by atoms with E-state index in [0.29, 0.717) is 0 Å². The summed E-state index contributed by atoms with van der Waals surface area (Å²) in [5.74, 6) is 1.07. The third kappa shape index (κ3) is 2.56. The largest absolute Gasteiger partial charge is 0.497 e. The maximum Gasteiger partial charge on any atom is 0.119 e. The first-order chi connectivity index (χ1) is 7.56. The van der Waals surface area contributed by atoms with Crippen LogP contribution < -0.4 is 4.74 Å². The minimum absolute atomic E-state index is 0.277. The van der Waals surface area contributed by atoms with Crippen LogP contribution in [0.2, 0.25) is 0 Å². The Hall–Kier alpha value is -1.02. The van der Waals surface area contributed by atoms with Crippen molar-refractivity contribution in [2.45, 2.75) is 39.2 Å². The molecule has 1 atom stereocenters. The zero-order valence-electron chi connectivity index (χ0n) is 10.7. The van der Waals surface area contributed by atoms with E-state index in [4.69, 9.17) is 4.74 Å². The third-order valence-corrected chi connectivity index (χ3v) is 3.43. The van der Waals surface area contributed by atoms with Gasteiger partial charge < -0.3 is 9.84 Å². The first-order valence-corrected chi connectivity index (χ1v) is 5.93. The second kappa shape index (κ2) is 5.35. The Balaban J connectivity index is 3.04. The zero-order valence-corrected chi connectivity index (χ0v) is 10.7. The van der Waals surface area contributed by atoms with Crippen molar-refractivity contribution in [3.8, 4) is 5.75 Å². The number of ether oxygens (including phenoxy) is 1. The van der Waals surface area contributed by atoms with E-state index in [1.165, 1.54) is 0 Å². The molecule has 2 heteroatoms. The van der Waals surface area contributed by atoms with Gasteiger partial charge in [-0.25, -0.2) is 0 Å². The van der Waals surface area contributed by atoms with E-state index in [0.717, 1.165) is 24.2 Å². The van der Waals surface area contributed by atoms with Gasteiger partial charge in [0.15, 0.2) is 0 Å². The molecule has 0 aliphatic rings. The zero-order chi connectivity index (χ0) is 12.2. The molecule has 90 valence electrons. The Morgan fingerprint density at radius 3 is 2.44 bits per heavy atom. The summed E-state index contributed by atoms with van der Waals surface area (Å²) in [5, 5.41) is 10.6. The van der Waals surface area contributed by atoms with Crippen LogP contribution in [0.1, 0.15) is 39.2 Å². The van der Waals surface area contributed by atoms with Crippen molar-refractivity contribution >= 4 is 0 Å². The highest BCUT2D eigenvalue weighted by Gasteiger charge is 2.31. The van der Waals surface area contributed by atoms with E-state index in [-0.39, 0.29) is 5.92 Å². The van der Waals surface area contributed by atoms with Crippen LogP contribution in [0, 0.1) is 5.92 Å². The smallest absolute Gasteiger partial charge is 0.119 e. The molecule has 0 spiro atoms. The van der Waals surface area contributed by atoms with Crippen LogP contribution in [0.25, 0.3) is 0 Å². The predicted molar refractivity (Wildman–Crippen MR) is 66.6 cm³/mol. The summed E-state index contributed by atoms with van der Waals surface area (Å²) in [5.41, 5.74) is 0.151. The van der Waals surface area contributed by atoms with Crippen LogP contribution in [-0.2, 0) is 5.60 Å². The van der Waals surface area contributed by atoms with E-state index < -0.39 is 5.60 Å². The summed E-state index contributed by atoms with van der Waals surface area (Å²) >= 11 is 0. The summed E-state index contributed by atoms with van der Waals surface area (Å²) in [6.45, 7) is 6.12. The standard InChI is InChI=1S/C14H22O2/c1-5-11(6-2)14(3,15)12-8-7-9-13(10-12)16-4/h7-11,15H,5-6H2,1-4H3. The van der Waals surface area contributed by atoms with E-state index in [2.05, 4.69) is 13.8 Å². The second-order valence-electron chi connectivity index (χ2n) is 4.39. The van der Waals surface area contributed by atoms with Crippen molar-refractivity contribution in [2.24, 2.45) is 5.92 Å². The number of hydrogen-bond donors (Lipinski definition) is 1. The molecular formula is C14H22O2. The molecule has 0 amide bonds. The molecule has 2 nitrogen and oxygen atoms in total. The SMILES string of the molecule is CCC(CC)C(C)(O)c1cccc(OC)c1. The van der Waals surface area contributed by atoms with Gasteiger partial charge in [0.05, 0.1) is 12.7 Å². The molecule has 1 unspecified atom stereocenters. The Morgan fingerprint density at radius 2 is 1.94 bits per heavy atom. The minimum Gasteiger partial charge on any atom is -0.497 e. The van der Waals surface area contributed by atoms with E-state index in [9.17, 15) is 5.11 Å². The van der Waals surface area contributed by atoms with Gasteiger partial charge in [-0.1, -0.05) is 38.8 Å². The molecule has 1 N–H and O–H groups in total. The lowest BCUT2D eigenvalue weighted by Gasteiger charge is -2.32. The quantitative estimate of drug-likeness (QED) is 0.828. The molecule has 0 aromatic heterocycles. The molecule has 0 heterocycles. The average Bonchev–Trinajstić information content (AvgIpc) is 2.30. The lowest BCUT2D eigenvalue weighted by Crippen LogP contribution is -2.31. The Bertz CT molecular complexity index is 327. The van der Waals surface area contributed by atoms with Gasteiger partial charge in [0.2, 0.25) is 0 Å². The first-order valence-electron chi connectivity index (χ1n) is 5.93. The molecule has 0 saturated heterocycles. The van der Waals surface area contributed by atoms with Crippen LogP contribution in [-0.4, -0.2) is 12.2 Å². The Morgan fingerprint density at radius 1 is 1.31 bits per heavy atom. The van der Waals surface area contributed by atoms with Crippen LogP contribution in [0.4, 0.5) is 0 Å². The molecule has 0 bridgehead atoms. The van der Waals surface area contributed by atoms with E-state index in [1.54, 1.807) is 7.11 Å². The Labute approximate surface area is 98.3 Å². The summed E-state index contributed by atoms with van der Waals surface area (Å²) in [7, 11) is 1.64. The molecule has 0 radical (unpaired) electrons. The number of rotatable bonds is 5. The van der Waals surface area contributed by atoms with Crippen LogP contribution in [0.5, 0.6) is 5.75 Å². The summed E-state index contributed by atoms with van der Waals surface area (Å²) in [4.78, 5) is 0. The highest BCUT2D eigenvalue weighted by molar-refractivity contribution is 5.32. The van der Waals surface area contributed by atoms with Crippen molar-refractivity contribution in [3.63, 3.8) is 0 Å². The monoisotopic (exact) mass is 222 g/mol. The molecule has 0 aliphatic heterocycles. The summed E-state index contributed by atoms with van der Waals surface area (Å²) in [6, 6.07) is 7.69. The van der Waals surface area contributed by atoms with E-state index >= 15 is 0 Å². The highest BCUT2D eigenvalue weighted by atomic mass is 16.5. The molecule has 0 saturated carbocycles. The van der Waals surface area contributed by atoms with Gasteiger partial charge in [-0.05, 0) is 30.5 Å². The molecule has 1 aromatic carbocycles. The fraction of sp³-hybridized carbons (Fsp3) is 0.571. The average molecular weight is 222 g/mol. The van der Waals surface area contributed by atoms with Gasteiger partial charge in [-0.3, -0.25) is 0 Å². The van der Waals surface area contributed by atoms with Crippen molar-refractivity contribution in [1.82, 2.24) is 0 Å². The molecule has 1 aromatic rings. The number of hydrogen-bond acceptors (Lipinski definition) is 2. The van der Waals surface area contributed by atoms with Gasteiger partial charge in [0.25, 0.3) is 0 Å². The molecule has 0 fully saturated rings. The van der Waals surface area contributed by atoms with Gasteiger partial charge in [0.1, 0.15) is 5.75 Å². The van der Waals surface area contributed by atoms with Gasteiger partial charge in [-0.2, -0.15) is 0 Å². The topological polar surface area (TPSA) is 29.5 Å². The maximum absolute atomic E-state index is 10.6. The Kier molecular flexibility index (Phi) is 4.36. The second-order valence-corrected chi connectivity index (χ2v) is 4.39. The molecule has 0 aliphatic carbocycles. The molecule has 1 rings (SSSR count). The van der Waals surface area contributed by atoms with Gasteiger partial charge in [0, 0.05) is 0 Å². The third-order valence-electron chi connectivity index (χ3n) is 3.43. The lowest BCUT2D eigenvalue weighted by molar-refractivity contribution is -0.00965. The van der Waals surface area contributed by atoms with Gasteiger partial charge >= 0.3 is 0 Å². The van der Waals surface area contributed by atoms with Crippen molar-refractivity contribution < 1.29 is 9.84 Å².